The molecule has 0 bridgehead atoms. The molecule has 1 atom stereocenters. The Morgan fingerprint density at radius 3 is 2.43 bits per heavy atom. The second kappa shape index (κ2) is 6.32. The summed E-state index contributed by atoms with van der Waals surface area (Å²) in [4.78, 5) is 29.0. The van der Waals surface area contributed by atoms with E-state index in [-0.39, 0.29) is 11.9 Å². The third kappa shape index (κ3) is 2.85. The van der Waals surface area contributed by atoms with E-state index >= 15 is 0 Å². The molecule has 0 radical (unpaired) electrons. The fourth-order valence-electron chi connectivity index (χ4n) is 3.52. The number of likely N-dealkylation sites (tertiary alicyclic amines) is 1. The maximum atomic E-state index is 13.0. The second-order valence-corrected chi connectivity index (χ2v) is 6.73. The number of carbonyl (C=O) groups is 2. The monoisotopic (exact) mass is 315 g/mol. The van der Waals surface area contributed by atoms with Crippen LogP contribution in [0.15, 0.2) is 30.3 Å². The molecule has 1 aromatic rings. The Balaban J connectivity index is 1.79. The third-order valence-electron chi connectivity index (χ3n) is 5.19. The molecule has 0 unspecified atom stereocenters. The maximum absolute atomic E-state index is 13.0. The highest BCUT2D eigenvalue weighted by molar-refractivity contribution is 6.07. The van der Waals surface area contributed by atoms with Crippen LogP contribution in [0.5, 0.6) is 0 Å². The predicted molar refractivity (Wildman–Crippen MR) is 88.6 cm³/mol. The van der Waals surface area contributed by atoms with Crippen molar-refractivity contribution in [3.8, 4) is 0 Å². The maximum Gasteiger partial charge on any atom is 0.326 e. The first-order valence-electron chi connectivity index (χ1n) is 8.49. The van der Waals surface area contributed by atoms with Crippen molar-refractivity contribution >= 4 is 11.9 Å². The summed E-state index contributed by atoms with van der Waals surface area (Å²) in [7, 11) is 0. The van der Waals surface area contributed by atoms with Crippen molar-refractivity contribution in [2.24, 2.45) is 5.92 Å². The van der Waals surface area contributed by atoms with Gasteiger partial charge in [-0.1, -0.05) is 44.2 Å². The van der Waals surface area contributed by atoms with Crippen LogP contribution in [0, 0.1) is 5.92 Å². The number of benzene rings is 1. The quantitative estimate of drug-likeness (QED) is 0.869. The number of piperidine rings is 1. The SMILES string of the molecule is CC[C@@]1(c2ccccc2)NC(=O)N(CN2CCC(C)CC2)C1=O. The van der Waals surface area contributed by atoms with Gasteiger partial charge in [0.2, 0.25) is 0 Å². The molecule has 23 heavy (non-hydrogen) atoms. The normalized spacial score (nSPS) is 26.6. The molecule has 124 valence electrons. The number of imide groups is 1. The van der Waals surface area contributed by atoms with Gasteiger partial charge in [0.05, 0.1) is 6.67 Å². The smallest absolute Gasteiger partial charge is 0.319 e. The van der Waals surface area contributed by atoms with E-state index in [1.165, 1.54) is 4.90 Å². The molecule has 5 nitrogen and oxygen atoms in total. The van der Waals surface area contributed by atoms with Crippen LogP contribution in [-0.4, -0.2) is 41.5 Å². The first kappa shape index (κ1) is 16.0. The Morgan fingerprint density at radius 1 is 1.17 bits per heavy atom. The lowest BCUT2D eigenvalue weighted by molar-refractivity contribution is -0.133. The molecule has 1 aromatic carbocycles. The molecule has 5 heteroatoms. The minimum absolute atomic E-state index is 0.130. The van der Waals surface area contributed by atoms with Gasteiger partial charge in [0.25, 0.3) is 5.91 Å². The first-order chi connectivity index (χ1) is 11.1. The summed E-state index contributed by atoms with van der Waals surface area (Å²) < 4.78 is 0. The number of hydrogen-bond donors (Lipinski definition) is 1. The van der Waals surface area contributed by atoms with Gasteiger partial charge in [-0.05, 0) is 30.7 Å². The highest BCUT2D eigenvalue weighted by Crippen LogP contribution is 2.32. The molecule has 2 saturated heterocycles. The van der Waals surface area contributed by atoms with Crippen LogP contribution in [0.1, 0.15) is 38.7 Å². The minimum Gasteiger partial charge on any atom is -0.319 e. The molecule has 3 rings (SSSR count). The van der Waals surface area contributed by atoms with Gasteiger partial charge in [0.1, 0.15) is 5.54 Å². The summed E-state index contributed by atoms with van der Waals surface area (Å²) in [5.41, 5.74) is -0.0582. The molecule has 2 heterocycles. The standard InChI is InChI=1S/C18H25N3O2/c1-3-18(15-7-5-4-6-8-15)16(22)21(17(23)19-18)13-20-11-9-14(2)10-12-20/h4-8,14H,3,9-13H2,1-2H3,(H,19,23)/t18-/m0/s1. The van der Waals surface area contributed by atoms with Crippen LogP contribution in [0.3, 0.4) is 0 Å². The van der Waals surface area contributed by atoms with Gasteiger partial charge in [-0.25, -0.2) is 9.69 Å². The Hall–Kier alpha value is -1.88. The van der Waals surface area contributed by atoms with Crippen LogP contribution < -0.4 is 5.32 Å². The van der Waals surface area contributed by atoms with Gasteiger partial charge in [0, 0.05) is 13.1 Å². The molecule has 1 N–H and O–H groups in total. The van der Waals surface area contributed by atoms with Crippen molar-refractivity contribution in [2.75, 3.05) is 19.8 Å². The summed E-state index contributed by atoms with van der Waals surface area (Å²) in [5, 5.41) is 2.94. The lowest BCUT2D eigenvalue weighted by atomic mass is 9.87. The molecule has 0 aromatic heterocycles. The average molecular weight is 315 g/mol. The fourth-order valence-corrected chi connectivity index (χ4v) is 3.52. The summed E-state index contributed by atoms with van der Waals surface area (Å²) in [5.74, 6) is 0.600. The molecule has 0 saturated carbocycles. The van der Waals surface area contributed by atoms with Gasteiger partial charge >= 0.3 is 6.03 Å². The summed E-state index contributed by atoms with van der Waals surface area (Å²) in [6, 6.07) is 9.27. The Morgan fingerprint density at radius 2 is 1.83 bits per heavy atom. The van der Waals surface area contributed by atoms with Gasteiger partial charge < -0.3 is 5.32 Å². The number of hydrogen-bond acceptors (Lipinski definition) is 3. The predicted octanol–water partition coefficient (Wildman–Crippen LogP) is 2.53. The summed E-state index contributed by atoms with van der Waals surface area (Å²) in [6.07, 6.45) is 2.80. The highest BCUT2D eigenvalue weighted by Gasteiger charge is 2.51. The van der Waals surface area contributed by atoms with E-state index < -0.39 is 5.54 Å². The van der Waals surface area contributed by atoms with Crippen molar-refractivity contribution in [1.29, 1.82) is 0 Å². The Labute approximate surface area is 137 Å². The van der Waals surface area contributed by atoms with Gasteiger partial charge in [0.15, 0.2) is 0 Å². The average Bonchev–Trinajstić information content (AvgIpc) is 2.83. The molecule has 3 amide bonds. The number of amides is 3. The third-order valence-corrected chi connectivity index (χ3v) is 5.19. The number of urea groups is 1. The van der Waals surface area contributed by atoms with Gasteiger partial charge in [-0.15, -0.1) is 0 Å². The second-order valence-electron chi connectivity index (χ2n) is 6.73. The van der Waals surface area contributed by atoms with Crippen molar-refractivity contribution in [2.45, 2.75) is 38.6 Å². The topological polar surface area (TPSA) is 52.7 Å². The van der Waals surface area contributed by atoms with E-state index in [2.05, 4.69) is 17.1 Å². The van der Waals surface area contributed by atoms with E-state index in [0.717, 1.165) is 37.4 Å². The van der Waals surface area contributed by atoms with Crippen molar-refractivity contribution < 1.29 is 9.59 Å². The van der Waals surface area contributed by atoms with E-state index in [0.29, 0.717) is 13.1 Å². The molecule has 2 aliphatic rings. The summed E-state index contributed by atoms with van der Waals surface area (Å²) >= 11 is 0. The van der Waals surface area contributed by atoms with Crippen LogP contribution in [-0.2, 0) is 10.3 Å². The van der Waals surface area contributed by atoms with Crippen LogP contribution in [0.2, 0.25) is 0 Å². The Bertz CT molecular complexity index is 581. The molecular formula is C18H25N3O2. The fraction of sp³-hybridized carbons (Fsp3) is 0.556. The zero-order valence-corrected chi connectivity index (χ0v) is 13.9. The van der Waals surface area contributed by atoms with Crippen molar-refractivity contribution in [1.82, 2.24) is 15.1 Å². The molecule has 2 fully saturated rings. The van der Waals surface area contributed by atoms with E-state index in [1.54, 1.807) is 0 Å². The Kier molecular flexibility index (Phi) is 4.39. The van der Waals surface area contributed by atoms with E-state index in [9.17, 15) is 9.59 Å². The van der Waals surface area contributed by atoms with Gasteiger partial charge in [-0.3, -0.25) is 9.69 Å². The zero-order valence-electron chi connectivity index (χ0n) is 13.9. The minimum atomic E-state index is -0.915. The lowest BCUT2D eigenvalue weighted by Crippen LogP contribution is -2.46. The number of rotatable bonds is 4. The van der Waals surface area contributed by atoms with Crippen LogP contribution in [0.25, 0.3) is 0 Å². The van der Waals surface area contributed by atoms with Crippen molar-refractivity contribution in [3.05, 3.63) is 35.9 Å². The molecular weight excluding hydrogens is 290 g/mol. The highest BCUT2D eigenvalue weighted by atomic mass is 16.2. The number of nitrogens with one attached hydrogen (secondary N) is 1. The molecule has 2 aliphatic heterocycles. The number of nitrogens with zero attached hydrogens (tertiary/aromatic N) is 2. The van der Waals surface area contributed by atoms with E-state index in [4.69, 9.17) is 0 Å². The zero-order chi connectivity index (χ0) is 16.4. The van der Waals surface area contributed by atoms with Crippen molar-refractivity contribution in [3.63, 3.8) is 0 Å². The van der Waals surface area contributed by atoms with E-state index in [1.807, 2.05) is 37.3 Å². The van der Waals surface area contributed by atoms with Crippen LogP contribution >= 0.6 is 0 Å². The molecule has 0 spiro atoms. The largest absolute Gasteiger partial charge is 0.326 e. The number of carbonyl (C=O) groups excluding carboxylic acids is 2. The van der Waals surface area contributed by atoms with Crippen LogP contribution in [0.4, 0.5) is 4.79 Å². The molecule has 0 aliphatic carbocycles. The first-order valence-corrected chi connectivity index (χ1v) is 8.49. The lowest BCUT2D eigenvalue weighted by Gasteiger charge is -2.32. The summed E-state index contributed by atoms with van der Waals surface area (Å²) in [6.45, 7) is 6.48. The van der Waals surface area contributed by atoms with Gasteiger partial charge in [-0.2, -0.15) is 0 Å².